The zero-order chi connectivity index (χ0) is 35.5. The van der Waals surface area contributed by atoms with Crippen LogP contribution < -0.4 is 10.7 Å². The molecule has 8 bridgehead atoms. The van der Waals surface area contributed by atoms with Crippen molar-refractivity contribution in [2.75, 3.05) is 6.61 Å². The first-order chi connectivity index (χ1) is 23.3. The minimum atomic E-state index is -0.879. The number of carboxylic acid groups (broad SMARTS) is 1. The number of carbonyl (C=O) groups is 1. The third-order valence-corrected chi connectivity index (χ3v) is 12.4. The number of aliphatic hydroxyl groups is 1. The van der Waals surface area contributed by atoms with Crippen LogP contribution in [0.15, 0.2) is 81.3 Å². The van der Waals surface area contributed by atoms with Crippen LogP contribution in [0.2, 0.25) is 0 Å². The molecule has 6 rings (SSSR count). The lowest BCUT2D eigenvalue weighted by Gasteiger charge is -2.14. The summed E-state index contributed by atoms with van der Waals surface area (Å²) in [6, 6.07) is 0. The molecule has 1 atom stereocenters. The summed E-state index contributed by atoms with van der Waals surface area (Å²) < 4.78 is 8.81. The topological polar surface area (TPSA) is 120 Å². The van der Waals surface area contributed by atoms with Gasteiger partial charge in [-0.05, 0) is 135 Å². The number of hydrogen-bond donors (Lipinski definition) is 3. The first kappa shape index (κ1) is 35.9. The minimum absolute atomic E-state index is 0.0427. The van der Waals surface area contributed by atoms with Gasteiger partial charge < -0.3 is 19.9 Å². The Kier molecular flexibility index (Phi) is 10.3. The fourth-order valence-corrected chi connectivity index (χ4v) is 9.61. The average molecular weight is 857 g/mol. The van der Waals surface area contributed by atoms with E-state index in [0.717, 1.165) is 106 Å². The highest BCUT2D eigenvalue weighted by Crippen LogP contribution is 2.48. The number of ether oxygens (including phenoxy) is 1. The summed E-state index contributed by atoms with van der Waals surface area (Å²) in [5.41, 5.74) is 12.7. The normalized spacial score (nSPS) is 19.8. The Bertz CT molecular complexity index is 2130. The van der Waals surface area contributed by atoms with Crippen LogP contribution in [0.1, 0.15) is 104 Å². The van der Waals surface area contributed by atoms with E-state index in [4.69, 9.17) is 19.7 Å². The van der Waals surface area contributed by atoms with Crippen molar-refractivity contribution in [3.8, 4) is 0 Å². The van der Waals surface area contributed by atoms with Crippen LogP contribution in [-0.2, 0) is 9.53 Å². The molecular weight excluding hydrogens is 816 g/mol. The number of rotatable bonds is 10. The zero-order valence-electron chi connectivity index (χ0n) is 28.9. The molecule has 5 heterocycles. The van der Waals surface area contributed by atoms with Gasteiger partial charge in [-0.3, -0.25) is 4.79 Å². The Morgan fingerprint density at radius 1 is 0.857 bits per heavy atom. The molecule has 0 aromatic carbocycles. The van der Waals surface area contributed by atoms with Crippen LogP contribution in [-0.4, -0.2) is 44.9 Å². The summed E-state index contributed by atoms with van der Waals surface area (Å²) in [4.78, 5) is 31.1. The summed E-state index contributed by atoms with van der Waals surface area (Å²) in [5.74, 6) is -0.644. The number of carboxylic acids is 1. The summed E-state index contributed by atoms with van der Waals surface area (Å²) in [6.07, 6.45) is 4.31. The van der Waals surface area contributed by atoms with Gasteiger partial charge in [0.1, 0.15) is 5.76 Å². The van der Waals surface area contributed by atoms with E-state index in [1.807, 2.05) is 13.8 Å². The molecule has 0 amide bonds. The number of nitrogens with one attached hydrogen (secondary N) is 1. The summed E-state index contributed by atoms with van der Waals surface area (Å²) in [7, 11) is 0. The predicted octanol–water partition coefficient (Wildman–Crippen LogP) is 9.23. The van der Waals surface area contributed by atoms with Gasteiger partial charge in [0.05, 0.1) is 64.5 Å². The molecule has 0 spiro atoms. The van der Waals surface area contributed by atoms with Gasteiger partial charge in [-0.1, -0.05) is 26.7 Å². The fraction of sp³-hybridized carbons (Fsp3) is 0.421. The lowest BCUT2D eigenvalue weighted by atomic mass is 9.96. The summed E-state index contributed by atoms with van der Waals surface area (Å²) >= 11 is 11.9. The number of aliphatic hydroxyl groups excluding tert-OH is 1. The van der Waals surface area contributed by atoms with Gasteiger partial charge in [-0.25, -0.2) is 15.0 Å². The molecule has 0 saturated heterocycles. The predicted molar refractivity (Wildman–Crippen MR) is 208 cm³/mol. The van der Waals surface area contributed by atoms with Crippen molar-refractivity contribution in [1.82, 2.24) is 4.98 Å². The lowest BCUT2D eigenvalue weighted by Crippen LogP contribution is -2.21. The average Bonchev–Trinajstić information content (AvgIpc) is 3.84. The van der Waals surface area contributed by atoms with Crippen LogP contribution in [0.25, 0.3) is 8.96 Å². The monoisotopic (exact) mass is 854 g/mol. The molecule has 1 unspecified atom stereocenters. The smallest absolute Gasteiger partial charge is 0.303 e. The van der Waals surface area contributed by atoms with Crippen LogP contribution in [0.5, 0.6) is 0 Å². The SMILES string of the molecule is CCCCCOC(C)c1c(C)c2[nH]c1=C(Br)C1=NC(=C(Br)C3=C(C)C4=C(O)CC(=C5N=C(C(C)=C5CCC(=O)O)C=2Br)C4=N3)C(CC)=C1C. The molecular formula is C38H41Br3N4O4. The molecule has 1 aromatic rings. The van der Waals surface area contributed by atoms with Gasteiger partial charge in [-0.15, -0.1) is 0 Å². The maximum atomic E-state index is 11.8. The lowest BCUT2D eigenvalue weighted by molar-refractivity contribution is -0.136. The fourth-order valence-electron chi connectivity index (χ4n) is 7.42. The number of H-pyrrole nitrogens is 1. The number of aromatic amines is 1. The van der Waals surface area contributed by atoms with Gasteiger partial charge >= 0.3 is 5.97 Å². The molecule has 1 aliphatic carbocycles. The standard InChI is InChI=1S/C38H41Br3N4O4/c1-8-10-11-14-49-20(7)26-18(5)33-28(39)32-17(4)22(12-13-25(47)48)35(42-32)23-15-24(46)27-19(6)34(43-36(23)27)29(40)37-21(9-2)16(3)31(44-37)30(41)38(26)45-33/h20,45-46H,8-15H2,1-7H3,(H,47,48). The number of aliphatic imine (C=N–C) groups is 3. The van der Waals surface area contributed by atoms with E-state index < -0.39 is 5.97 Å². The van der Waals surface area contributed by atoms with Crippen LogP contribution in [0.3, 0.4) is 0 Å². The number of hydrogen-bond acceptors (Lipinski definition) is 6. The second-order valence-electron chi connectivity index (χ2n) is 13.1. The third kappa shape index (κ3) is 6.02. The second kappa shape index (κ2) is 14.0. The molecule has 11 heteroatoms. The largest absolute Gasteiger partial charge is 0.511 e. The molecule has 49 heavy (non-hydrogen) atoms. The minimum Gasteiger partial charge on any atom is -0.511 e. The van der Waals surface area contributed by atoms with Crippen LogP contribution >= 0.6 is 47.8 Å². The number of fused-ring (bicyclic) bond motifs is 5. The van der Waals surface area contributed by atoms with Crippen molar-refractivity contribution in [3.05, 3.63) is 88.2 Å². The van der Waals surface area contributed by atoms with Crippen LogP contribution in [0, 0.1) is 6.92 Å². The van der Waals surface area contributed by atoms with Gasteiger partial charge in [0, 0.05) is 36.2 Å². The number of allylic oxidation sites excluding steroid dienone is 8. The zero-order valence-corrected chi connectivity index (χ0v) is 33.7. The third-order valence-electron chi connectivity index (χ3n) is 10.1. The number of aliphatic carboxylic acids is 1. The Morgan fingerprint density at radius 2 is 1.49 bits per heavy atom. The Hall–Kier alpha value is -2.86. The molecule has 0 radical (unpaired) electrons. The van der Waals surface area contributed by atoms with Crippen molar-refractivity contribution < 1.29 is 19.7 Å². The maximum Gasteiger partial charge on any atom is 0.303 e. The molecule has 8 nitrogen and oxygen atoms in total. The Morgan fingerprint density at radius 3 is 2.14 bits per heavy atom. The number of unbranched alkanes of at least 4 members (excludes halogenated alkanes) is 2. The molecule has 3 N–H and O–H groups in total. The van der Waals surface area contributed by atoms with E-state index in [9.17, 15) is 15.0 Å². The molecule has 258 valence electrons. The van der Waals surface area contributed by atoms with Crippen molar-refractivity contribution >= 4 is 79.9 Å². The highest BCUT2D eigenvalue weighted by molar-refractivity contribution is 9.15. The van der Waals surface area contributed by atoms with Gasteiger partial charge in [-0.2, -0.15) is 0 Å². The Labute approximate surface area is 312 Å². The van der Waals surface area contributed by atoms with Gasteiger partial charge in [0.2, 0.25) is 0 Å². The quantitative estimate of drug-likeness (QED) is 0.203. The van der Waals surface area contributed by atoms with Crippen molar-refractivity contribution in [3.63, 3.8) is 0 Å². The maximum absolute atomic E-state index is 11.8. The number of aromatic nitrogens is 1. The van der Waals surface area contributed by atoms with Crippen LogP contribution in [0.4, 0.5) is 0 Å². The first-order valence-corrected chi connectivity index (χ1v) is 19.3. The van der Waals surface area contributed by atoms with E-state index in [1.54, 1.807) is 0 Å². The highest BCUT2D eigenvalue weighted by Gasteiger charge is 2.39. The van der Waals surface area contributed by atoms with E-state index >= 15 is 0 Å². The Balaban J connectivity index is 1.72. The summed E-state index contributed by atoms with van der Waals surface area (Å²) in [5, 5.41) is 22.8. The molecule has 0 fully saturated rings. The van der Waals surface area contributed by atoms with E-state index in [0.29, 0.717) is 41.4 Å². The molecule has 5 aliphatic rings. The van der Waals surface area contributed by atoms with Crippen molar-refractivity contribution in [2.45, 2.75) is 99.5 Å². The number of halogens is 3. The highest BCUT2D eigenvalue weighted by atomic mass is 79.9. The molecule has 0 saturated carbocycles. The van der Waals surface area contributed by atoms with Gasteiger partial charge in [0.25, 0.3) is 0 Å². The summed E-state index contributed by atoms with van der Waals surface area (Å²) in [6.45, 7) is 15.2. The first-order valence-electron chi connectivity index (χ1n) is 16.9. The second-order valence-corrected chi connectivity index (χ2v) is 15.4. The molecule has 1 aromatic heterocycles. The van der Waals surface area contributed by atoms with E-state index in [-0.39, 0.29) is 24.7 Å². The molecule has 4 aliphatic heterocycles. The van der Waals surface area contributed by atoms with Crippen molar-refractivity contribution in [1.29, 1.82) is 0 Å². The van der Waals surface area contributed by atoms with Crippen molar-refractivity contribution in [2.24, 2.45) is 15.0 Å². The van der Waals surface area contributed by atoms with E-state index in [1.165, 1.54) is 0 Å². The van der Waals surface area contributed by atoms with Gasteiger partial charge in [0.15, 0.2) is 0 Å². The number of nitrogens with zero attached hydrogens (tertiary/aromatic N) is 3. The van der Waals surface area contributed by atoms with E-state index in [2.05, 4.69) is 87.4 Å².